The SMILES string of the molecule is NC1C2CCCNC2CCC1[N+](=O)[O-]. The van der Waals surface area contributed by atoms with E-state index in [4.69, 9.17) is 5.73 Å². The maximum absolute atomic E-state index is 10.7. The normalized spacial score (nSPS) is 42.9. The van der Waals surface area contributed by atoms with Gasteiger partial charge >= 0.3 is 0 Å². The lowest BCUT2D eigenvalue weighted by molar-refractivity contribution is -0.531. The molecule has 2 rings (SSSR count). The summed E-state index contributed by atoms with van der Waals surface area (Å²) in [6.45, 7) is 1.04. The van der Waals surface area contributed by atoms with Crippen LogP contribution in [0.2, 0.25) is 0 Å². The molecular formula is C9H17N3O2. The number of rotatable bonds is 1. The zero-order valence-corrected chi connectivity index (χ0v) is 8.19. The highest BCUT2D eigenvalue weighted by atomic mass is 16.6. The number of piperidine rings is 1. The standard InChI is InChI=1S/C9H17N3O2/c10-9-6-2-1-5-11-7(6)3-4-8(9)12(13)14/h6-9,11H,1-5,10H2. The predicted octanol–water partition coefficient (Wildman–Crippen LogP) is 0.121. The van der Waals surface area contributed by atoms with Gasteiger partial charge in [0.25, 0.3) is 0 Å². The van der Waals surface area contributed by atoms with Gasteiger partial charge < -0.3 is 11.1 Å². The first-order valence-corrected chi connectivity index (χ1v) is 5.32. The van der Waals surface area contributed by atoms with Gasteiger partial charge in [0.05, 0.1) is 6.04 Å². The van der Waals surface area contributed by atoms with E-state index in [0.29, 0.717) is 18.4 Å². The number of nitro groups is 1. The fourth-order valence-electron chi connectivity index (χ4n) is 2.83. The van der Waals surface area contributed by atoms with Crippen LogP contribution in [0, 0.1) is 16.0 Å². The van der Waals surface area contributed by atoms with Crippen molar-refractivity contribution in [1.29, 1.82) is 0 Å². The van der Waals surface area contributed by atoms with Crippen molar-refractivity contribution in [2.75, 3.05) is 6.54 Å². The van der Waals surface area contributed by atoms with Crippen LogP contribution in [0.1, 0.15) is 25.7 Å². The van der Waals surface area contributed by atoms with E-state index in [0.717, 1.165) is 25.8 Å². The molecule has 1 aliphatic heterocycles. The zero-order valence-electron chi connectivity index (χ0n) is 8.19. The Labute approximate surface area is 83.2 Å². The Morgan fingerprint density at radius 1 is 1.36 bits per heavy atom. The summed E-state index contributed by atoms with van der Waals surface area (Å²) in [4.78, 5) is 10.5. The maximum Gasteiger partial charge on any atom is 0.228 e. The fourth-order valence-corrected chi connectivity index (χ4v) is 2.83. The van der Waals surface area contributed by atoms with Gasteiger partial charge in [0, 0.05) is 17.4 Å². The number of nitrogens with one attached hydrogen (secondary N) is 1. The predicted molar refractivity (Wildman–Crippen MR) is 52.5 cm³/mol. The Balaban J connectivity index is 2.06. The number of nitrogens with zero attached hydrogens (tertiary/aromatic N) is 1. The van der Waals surface area contributed by atoms with Crippen molar-refractivity contribution in [2.24, 2.45) is 11.7 Å². The lowest BCUT2D eigenvalue weighted by atomic mass is 9.74. The molecule has 0 radical (unpaired) electrons. The molecule has 4 unspecified atom stereocenters. The van der Waals surface area contributed by atoms with Crippen molar-refractivity contribution >= 4 is 0 Å². The molecule has 1 saturated heterocycles. The molecule has 0 aromatic carbocycles. The van der Waals surface area contributed by atoms with Gasteiger partial charge in [-0.15, -0.1) is 0 Å². The monoisotopic (exact) mass is 199 g/mol. The highest BCUT2D eigenvalue weighted by Gasteiger charge is 2.43. The van der Waals surface area contributed by atoms with E-state index < -0.39 is 6.04 Å². The summed E-state index contributed by atoms with van der Waals surface area (Å²) in [5.41, 5.74) is 5.95. The van der Waals surface area contributed by atoms with Gasteiger partial charge in [-0.3, -0.25) is 10.1 Å². The molecule has 2 aliphatic rings. The first kappa shape index (κ1) is 9.86. The summed E-state index contributed by atoms with van der Waals surface area (Å²) < 4.78 is 0. The van der Waals surface area contributed by atoms with Gasteiger partial charge in [0.2, 0.25) is 6.04 Å². The molecule has 4 atom stereocenters. The van der Waals surface area contributed by atoms with Gasteiger partial charge in [-0.2, -0.15) is 0 Å². The van der Waals surface area contributed by atoms with Crippen LogP contribution in [-0.2, 0) is 0 Å². The maximum atomic E-state index is 10.7. The van der Waals surface area contributed by atoms with Crippen LogP contribution < -0.4 is 11.1 Å². The third kappa shape index (κ3) is 1.62. The van der Waals surface area contributed by atoms with Crippen molar-refractivity contribution in [2.45, 2.75) is 43.8 Å². The van der Waals surface area contributed by atoms with E-state index in [9.17, 15) is 10.1 Å². The van der Waals surface area contributed by atoms with Crippen LogP contribution in [-0.4, -0.2) is 29.6 Å². The minimum absolute atomic E-state index is 0.199. The molecule has 0 aromatic heterocycles. The van der Waals surface area contributed by atoms with Gasteiger partial charge in [0.15, 0.2) is 0 Å². The van der Waals surface area contributed by atoms with E-state index in [1.165, 1.54) is 0 Å². The van der Waals surface area contributed by atoms with Gasteiger partial charge in [-0.1, -0.05) is 0 Å². The molecule has 14 heavy (non-hydrogen) atoms. The van der Waals surface area contributed by atoms with Crippen LogP contribution in [0.3, 0.4) is 0 Å². The summed E-state index contributed by atoms with van der Waals surface area (Å²) in [6, 6.07) is -0.345. The Morgan fingerprint density at radius 3 is 2.86 bits per heavy atom. The molecule has 1 heterocycles. The zero-order chi connectivity index (χ0) is 10.1. The molecule has 5 nitrogen and oxygen atoms in total. The van der Waals surface area contributed by atoms with E-state index in [1.807, 2.05) is 0 Å². The molecule has 0 spiro atoms. The summed E-state index contributed by atoms with van der Waals surface area (Å²) in [5, 5.41) is 14.2. The highest BCUT2D eigenvalue weighted by molar-refractivity contribution is 4.95. The fraction of sp³-hybridized carbons (Fsp3) is 1.00. The molecule has 5 heteroatoms. The van der Waals surface area contributed by atoms with Crippen molar-refractivity contribution in [3.05, 3.63) is 10.1 Å². The molecule has 3 N–H and O–H groups in total. The Bertz CT molecular complexity index is 234. The van der Waals surface area contributed by atoms with E-state index >= 15 is 0 Å². The average molecular weight is 199 g/mol. The minimum atomic E-state index is -0.517. The minimum Gasteiger partial charge on any atom is -0.322 e. The molecule has 0 bridgehead atoms. The van der Waals surface area contributed by atoms with Crippen LogP contribution in [0.5, 0.6) is 0 Å². The Hall–Kier alpha value is -0.680. The largest absolute Gasteiger partial charge is 0.322 e. The Kier molecular flexibility index (Phi) is 2.69. The van der Waals surface area contributed by atoms with Gasteiger partial charge in [-0.05, 0) is 31.7 Å². The van der Waals surface area contributed by atoms with Crippen LogP contribution in [0.4, 0.5) is 0 Å². The molecule has 80 valence electrons. The third-order valence-corrected chi connectivity index (χ3v) is 3.62. The van der Waals surface area contributed by atoms with Crippen LogP contribution in [0.25, 0.3) is 0 Å². The Morgan fingerprint density at radius 2 is 2.14 bits per heavy atom. The smallest absolute Gasteiger partial charge is 0.228 e. The van der Waals surface area contributed by atoms with Crippen molar-refractivity contribution in [3.63, 3.8) is 0 Å². The van der Waals surface area contributed by atoms with E-state index in [2.05, 4.69) is 5.32 Å². The number of hydrogen-bond donors (Lipinski definition) is 2. The summed E-state index contributed by atoms with van der Waals surface area (Å²) in [5.74, 6) is 0.313. The van der Waals surface area contributed by atoms with Gasteiger partial charge in [-0.25, -0.2) is 0 Å². The number of fused-ring (bicyclic) bond motifs is 1. The van der Waals surface area contributed by atoms with Gasteiger partial charge in [0.1, 0.15) is 0 Å². The highest BCUT2D eigenvalue weighted by Crippen LogP contribution is 2.31. The second kappa shape index (κ2) is 3.82. The number of hydrogen-bond acceptors (Lipinski definition) is 4. The second-order valence-corrected chi connectivity index (χ2v) is 4.37. The molecule has 1 saturated carbocycles. The lowest BCUT2D eigenvalue weighted by Crippen LogP contribution is -2.58. The van der Waals surface area contributed by atoms with E-state index in [1.54, 1.807) is 0 Å². The lowest BCUT2D eigenvalue weighted by Gasteiger charge is -2.41. The molecule has 0 aromatic rings. The molecular weight excluding hydrogens is 182 g/mol. The van der Waals surface area contributed by atoms with Crippen LogP contribution in [0.15, 0.2) is 0 Å². The van der Waals surface area contributed by atoms with Crippen molar-refractivity contribution in [1.82, 2.24) is 5.32 Å². The first-order valence-electron chi connectivity index (χ1n) is 5.32. The molecule has 1 aliphatic carbocycles. The third-order valence-electron chi connectivity index (χ3n) is 3.62. The second-order valence-electron chi connectivity index (χ2n) is 4.37. The quantitative estimate of drug-likeness (QED) is 0.464. The summed E-state index contributed by atoms with van der Waals surface area (Å²) >= 11 is 0. The summed E-state index contributed by atoms with van der Waals surface area (Å²) in [7, 11) is 0. The van der Waals surface area contributed by atoms with Crippen molar-refractivity contribution in [3.8, 4) is 0 Å². The summed E-state index contributed by atoms with van der Waals surface area (Å²) in [6.07, 6.45) is 3.68. The van der Waals surface area contributed by atoms with Crippen molar-refractivity contribution < 1.29 is 4.92 Å². The topological polar surface area (TPSA) is 81.2 Å². The van der Waals surface area contributed by atoms with E-state index in [-0.39, 0.29) is 11.0 Å². The average Bonchev–Trinajstić information content (AvgIpc) is 2.18. The van der Waals surface area contributed by atoms with Crippen LogP contribution >= 0.6 is 0 Å². The first-order chi connectivity index (χ1) is 6.70. The molecule has 0 amide bonds. The molecule has 2 fully saturated rings. The number of nitrogens with two attached hydrogens (primary N) is 1.